The minimum Gasteiger partial charge on any atom is -0.481 e. The predicted molar refractivity (Wildman–Crippen MR) is 106 cm³/mol. The highest BCUT2D eigenvalue weighted by Gasteiger charge is 2.26. The molecule has 7 heteroatoms. The Bertz CT molecular complexity index is 695. The number of methoxy groups -OCH3 is 2. The summed E-state index contributed by atoms with van der Waals surface area (Å²) in [6, 6.07) is 11.8. The fraction of sp³-hybridized carbons (Fsp3) is 0.421. The van der Waals surface area contributed by atoms with Crippen LogP contribution in [0.1, 0.15) is 26.3 Å². The number of thioether (sulfide) groups is 1. The molecule has 0 fully saturated rings. The zero-order valence-corrected chi connectivity index (χ0v) is 16.7. The van der Waals surface area contributed by atoms with E-state index < -0.39 is 0 Å². The molecular weight excluding hydrogens is 348 g/mol. The van der Waals surface area contributed by atoms with Crippen LogP contribution in [0.3, 0.4) is 0 Å². The van der Waals surface area contributed by atoms with Crippen molar-refractivity contribution >= 4 is 18.0 Å². The standard InChI is InChI=1S/C19H26N4O2S/c1-19(2,3)15(13-21-20-12-14-9-7-6-8-10-14)26-18-22-16(24-4)11-17(23-18)25-5/h6-11,13,15,20H,12H2,1-5H3/b21-13+. The van der Waals surface area contributed by atoms with E-state index in [0.717, 1.165) is 0 Å². The molecule has 0 saturated carbocycles. The minimum atomic E-state index is -0.0255. The van der Waals surface area contributed by atoms with Crippen LogP contribution in [0, 0.1) is 5.41 Å². The van der Waals surface area contributed by atoms with Crippen LogP contribution >= 0.6 is 11.8 Å². The zero-order chi connectivity index (χ0) is 19.0. The van der Waals surface area contributed by atoms with Gasteiger partial charge >= 0.3 is 0 Å². The Morgan fingerprint density at radius 3 is 2.27 bits per heavy atom. The Kier molecular flexibility index (Phi) is 7.26. The summed E-state index contributed by atoms with van der Waals surface area (Å²) < 4.78 is 10.4. The average Bonchev–Trinajstić information content (AvgIpc) is 2.63. The molecule has 1 aromatic heterocycles. The molecule has 0 radical (unpaired) electrons. The van der Waals surface area contributed by atoms with E-state index >= 15 is 0 Å². The summed E-state index contributed by atoms with van der Waals surface area (Å²) in [5, 5.41) is 5.07. The van der Waals surface area contributed by atoms with Gasteiger partial charge in [0.15, 0.2) is 5.16 Å². The topological polar surface area (TPSA) is 68.6 Å². The fourth-order valence-corrected chi connectivity index (χ4v) is 3.03. The molecule has 26 heavy (non-hydrogen) atoms. The summed E-state index contributed by atoms with van der Waals surface area (Å²) in [4.78, 5) is 8.79. The molecule has 0 aliphatic rings. The van der Waals surface area contributed by atoms with Gasteiger partial charge in [0.1, 0.15) is 0 Å². The number of hydrogen-bond donors (Lipinski definition) is 1. The summed E-state index contributed by atoms with van der Waals surface area (Å²) >= 11 is 1.53. The van der Waals surface area contributed by atoms with Crippen molar-refractivity contribution in [1.29, 1.82) is 0 Å². The van der Waals surface area contributed by atoms with Gasteiger partial charge in [-0.2, -0.15) is 15.1 Å². The molecule has 0 amide bonds. The Morgan fingerprint density at radius 2 is 1.73 bits per heavy atom. The van der Waals surface area contributed by atoms with Crippen LogP contribution in [0.15, 0.2) is 46.7 Å². The monoisotopic (exact) mass is 374 g/mol. The lowest BCUT2D eigenvalue weighted by Gasteiger charge is -2.26. The van der Waals surface area contributed by atoms with E-state index in [2.05, 4.69) is 53.4 Å². The smallest absolute Gasteiger partial charge is 0.220 e. The van der Waals surface area contributed by atoms with Gasteiger partial charge in [-0.15, -0.1) is 0 Å². The first-order chi connectivity index (χ1) is 12.4. The number of nitrogens with one attached hydrogen (secondary N) is 1. The second kappa shape index (κ2) is 9.43. The van der Waals surface area contributed by atoms with Crippen LogP contribution in [-0.2, 0) is 6.54 Å². The molecule has 6 nitrogen and oxygen atoms in total. The van der Waals surface area contributed by atoms with Crippen LogP contribution < -0.4 is 14.9 Å². The molecule has 140 valence electrons. The molecule has 2 rings (SSSR count). The largest absolute Gasteiger partial charge is 0.481 e. The molecule has 0 aliphatic heterocycles. The van der Waals surface area contributed by atoms with Gasteiger partial charge in [0, 0.05) is 6.21 Å². The number of benzene rings is 1. The fourth-order valence-electron chi connectivity index (χ4n) is 2.04. The lowest BCUT2D eigenvalue weighted by Crippen LogP contribution is -2.26. The normalized spacial score (nSPS) is 12.8. The second-order valence-electron chi connectivity index (χ2n) is 6.74. The first kappa shape index (κ1) is 20.0. The van der Waals surface area contributed by atoms with E-state index in [-0.39, 0.29) is 10.7 Å². The molecule has 0 spiro atoms. The van der Waals surface area contributed by atoms with Gasteiger partial charge in [-0.3, -0.25) is 0 Å². The first-order valence-corrected chi connectivity index (χ1v) is 9.24. The van der Waals surface area contributed by atoms with Crippen molar-refractivity contribution in [2.45, 2.75) is 37.7 Å². The van der Waals surface area contributed by atoms with E-state index in [9.17, 15) is 0 Å². The Labute approximate surface area is 159 Å². The summed E-state index contributed by atoms with van der Waals surface area (Å²) in [7, 11) is 3.15. The van der Waals surface area contributed by atoms with Gasteiger partial charge in [0.2, 0.25) is 11.8 Å². The number of hydrazone groups is 1. The minimum absolute atomic E-state index is 0.0255. The van der Waals surface area contributed by atoms with Crippen LogP contribution in [-0.4, -0.2) is 35.7 Å². The third-order valence-electron chi connectivity index (χ3n) is 3.59. The highest BCUT2D eigenvalue weighted by Crippen LogP contribution is 2.34. The molecule has 1 heterocycles. The van der Waals surface area contributed by atoms with Crippen LogP contribution in [0.25, 0.3) is 0 Å². The van der Waals surface area contributed by atoms with E-state index in [0.29, 0.717) is 23.5 Å². The molecular formula is C19H26N4O2S. The van der Waals surface area contributed by atoms with E-state index in [4.69, 9.17) is 9.47 Å². The van der Waals surface area contributed by atoms with Crippen molar-refractivity contribution in [3.8, 4) is 11.8 Å². The van der Waals surface area contributed by atoms with Gasteiger partial charge in [0.25, 0.3) is 0 Å². The van der Waals surface area contributed by atoms with Gasteiger partial charge in [-0.25, -0.2) is 0 Å². The summed E-state index contributed by atoms with van der Waals surface area (Å²) in [5.74, 6) is 0.956. The van der Waals surface area contributed by atoms with E-state index in [1.54, 1.807) is 20.3 Å². The molecule has 1 N–H and O–H groups in total. The SMILES string of the molecule is COc1cc(OC)nc(SC(/C=N/NCc2ccccc2)C(C)(C)C)n1. The Morgan fingerprint density at radius 1 is 1.12 bits per heavy atom. The maximum absolute atomic E-state index is 5.22. The quantitative estimate of drug-likeness (QED) is 0.328. The van der Waals surface area contributed by atoms with E-state index in [1.807, 2.05) is 24.4 Å². The summed E-state index contributed by atoms with van der Waals surface area (Å²) in [5.41, 5.74) is 4.26. The zero-order valence-electron chi connectivity index (χ0n) is 15.9. The highest BCUT2D eigenvalue weighted by molar-refractivity contribution is 8.00. The number of nitrogens with zero attached hydrogens (tertiary/aromatic N) is 3. The van der Waals surface area contributed by atoms with Crippen molar-refractivity contribution in [3.05, 3.63) is 42.0 Å². The van der Waals surface area contributed by atoms with Gasteiger partial charge < -0.3 is 14.9 Å². The maximum Gasteiger partial charge on any atom is 0.220 e. The molecule has 1 aromatic carbocycles. The Balaban J connectivity index is 2.07. The molecule has 2 aromatic rings. The van der Waals surface area contributed by atoms with Crippen molar-refractivity contribution in [2.75, 3.05) is 14.2 Å². The van der Waals surface area contributed by atoms with Crippen molar-refractivity contribution in [1.82, 2.24) is 15.4 Å². The van der Waals surface area contributed by atoms with Crippen LogP contribution in [0.2, 0.25) is 0 Å². The lowest BCUT2D eigenvalue weighted by atomic mass is 9.92. The molecule has 0 aliphatic carbocycles. The first-order valence-electron chi connectivity index (χ1n) is 8.36. The number of rotatable bonds is 8. The van der Waals surface area contributed by atoms with E-state index in [1.165, 1.54) is 17.3 Å². The molecule has 1 unspecified atom stereocenters. The molecule has 0 saturated heterocycles. The number of aromatic nitrogens is 2. The van der Waals surface area contributed by atoms with Gasteiger partial charge in [-0.05, 0) is 11.0 Å². The van der Waals surface area contributed by atoms with Crippen molar-refractivity contribution < 1.29 is 9.47 Å². The Hall–Kier alpha value is -2.28. The average molecular weight is 375 g/mol. The van der Waals surface area contributed by atoms with Gasteiger partial charge in [0.05, 0.1) is 32.1 Å². The van der Waals surface area contributed by atoms with Crippen molar-refractivity contribution in [3.63, 3.8) is 0 Å². The van der Waals surface area contributed by atoms with Crippen LogP contribution in [0.5, 0.6) is 11.8 Å². The van der Waals surface area contributed by atoms with Crippen molar-refractivity contribution in [2.24, 2.45) is 10.5 Å². The summed E-state index contributed by atoms with van der Waals surface area (Å²) in [6.07, 6.45) is 1.91. The van der Waals surface area contributed by atoms with Crippen LogP contribution in [0.4, 0.5) is 0 Å². The number of hydrogen-bond acceptors (Lipinski definition) is 7. The lowest BCUT2D eigenvalue weighted by molar-refractivity contribution is 0.364. The third kappa shape index (κ3) is 6.22. The summed E-state index contributed by atoms with van der Waals surface area (Å²) in [6.45, 7) is 7.16. The molecule has 0 bridgehead atoms. The highest BCUT2D eigenvalue weighted by atomic mass is 32.2. The number of ether oxygens (including phenoxy) is 2. The maximum atomic E-state index is 5.22. The second-order valence-corrected chi connectivity index (χ2v) is 7.85. The molecule has 1 atom stereocenters. The van der Waals surface area contributed by atoms with Gasteiger partial charge in [-0.1, -0.05) is 62.9 Å². The third-order valence-corrected chi connectivity index (χ3v) is 5.07. The predicted octanol–water partition coefficient (Wildman–Crippen LogP) is 3.78.